The van der Waals surface area contributed by atoms with Crippen molar-refractivity contribution in [3.8, 4) is 0 Å². The van der Waals surface area contributed by atoms with Crippen molar-refractivity contribution in [3.05, 3.63) is 57.8 Å². The highest BCUT2D eigenvalue weighted by molar-refractivity contribution is 7.10. The van der Waals surface area contributed by atoms with Crippen LogP contribution in [0.15, 0.2) is 41.8 Å². The molecule has 2 heterocycles. The topological polar surface area (TPSA) is 41.1 Å². The predicted octanol–water partition coefficient (Wildman–Crippen LogP) is 4.08. The normalized spacial score (nSPS) is 17.0. The van der Waals surface area contributed by atoms with Crippen molar-refractivity contribution < 1.29 is 4.79 Å². The molecule has 0 radical (unpaired) electrons. The zero-order chi connectivity index (χ0) is 16.9. The van der Waals surface area contributed by atoms with Crippen LogP contribution in [-0.4, -0.2) is 19.0 Å². The first-order valence-corrected chi connectivity index (χ1v) is 9.67. The molecule has 1 fully saturated rings. The van der Waals surface area contributed by atoms with Crippen LogP contribution in [0.3, 0.4) is 0 Å². The fourth-order valence-electron chi connectivity index (χ4n) is 3.19. The third-order valence-corrected chi connectivity index (χ3v) is 5.70. The van der Waals surface area contributed by atoms with E-state index in [1.165, 1.54) is 10.4 Å². The second kappa shape index (κ2) is 7.95. The van der Waals surface area contributed by atoms with Crippen molar-refractivity contribution >= 4 is 17.2 Å². The third kappa shape index (κ3) is 4.05. The van der Waals surface area contributed by atoms with E-state index in [2.05, 4.69) is 60.2 Å². The maximum Gasteiger partial charge on any atom is 0.223 e. The van der Waals surface area contributed by atoms with Gasteiger partial charge in [0.1, 0.15) is 0 Å². The molecule has 1 unspecified atom stereocenters. The van der Waals surface area contributed by atoms with E-state index in [0.717, 1.165) is 31.5 Å². The lowest BCUT2D eigenvalue weighted by Crippen LogP contribution is -2.39. The van der Waals surface area contributed by atoms with Crippen molar-refractivity contribution in [2.24, 2.45) is 5.92 Å². The van der Waals surface area contributed by atoms with Crippen LogP contribution in [0, 0.1) is 5.92 Å². The molecule has 1 aromatic carbocycles. The SMILES string of the molecule is CC(C)c1ccc(C(NC(=O)C2CCNCC2)c2cccs2)cc1. The standard InChI is InChI=1S/C20H26N2OS/c1-14(2)15-5-7-16(8-6-15)19(18-4-3-13-24-18)22-20(23)17-9-11-21-12-10-17/h3-8,13-14,17,19,21H,9-12H2,1-2H3,(H,22,23). The molecule has 1 aliphatic rings. The van der Waals surface area contributed by atoms with Crippen LogP contribution < -0.4 is 10.6 Å². The summed E-state index contributed by atoms with van der Waals surface area (Å²) < 4.78 is 0. The number of amides is 1. The van der Waals surface area contributed by atoms with Crippen LogP contribution in [0.1, 0.15) is 54.7 Å². The molecule has 0 bridgehead atoms. The van der Waals surface area contributed by atoms with Gasteiger partial charge in [-0.3, -0.25) is 4.79 Å². The number of hydrogen-bond acceptors (Lipinski definition) is 3. The molecular formula is C20H26N2OS. The Morgan fingerprint density at radius 3 is 2.38 bits per heavy atom. The molecule has 0 aliphatic carbocycles. The minimum absolute atomic E-state index is 0.0476. The van der Waals surface area contributed by atoms with Gasteiger partial charge >= 0.3 is 0 Å². The van der Waals surface area contributed by atoms with Gasteiger partial charge in [-0.05, 0) is 54.4 Å². The van der Waals surface area contributed by atoms with Gasteiger partial charge in [0.25, 0.3) is 0 Å². The molecule has 1 saturated heterocycles. The summed E-state index contributed by atoms with van der Waals surface area (Å²) in [6.45, 7) is 6.27. The minimum atomic E-state index is -0.0476. The Hall–Kier alpha value is -1.65. The van der Waals surface area contributed by atoms with Crippen LogP contribution in [0.4, 0.5) is 0 Å². The average molecular weight is 343 g/mol. The lowest BCUT2D eigenvalue weighted by atomic mass is 9.95. The molecule has 0 saturated carbocycles. The first-order chi connectivity index (χ1) is 11.6. The molecule has 128 valence electrons. The van der Waals surface area contributed by atoms with Crippen molar-refractivity contribution in [3.63, 3.8) is 0 Å². The third-order valence-electron chi connectivity index (χ3n) is 4.76. The highest BCUT2D eigenvalue weighted by Crippen LogP contribution is 2.28. The molecule has 1 aliphatic heterocycles. The zero-order valence-electron chi connectivity index (χ0n) is 14.4. The Morgan fingerprint density at radius 1 is 1.12 bits per heavy atom. The molecule has 4 heteroatoms. The van der Waals surface area contributed by atoms with E-state index in [0.29, 0.717) is 5.92 Å². The van der Waals surface area contributed by atoms with Gasteiger partial charge in [0.05, 0.1) is 6.04 Å². The van der Waals surface area contributed by atoms with E-state index < -0.39 is 0 Å². The molecule has 3 nitrogen and oxygen atoms in total. The van der Waals surface area contributed by atoms with Crippen molar-refractivity contribution in [2.45, 2.75) is 38.6 Å². The predicted molar refractivity (Wildman–Crippen MR) is 100 cm³/mol. The van der Waals surface area contributed by atoms with E-state index in [4.69, 9.17) is 0 Å². The number of piperidine rings is 1. The van der Waals surface area contributed by atoms with E-state index in [1.807, 2.05) is 6.07 Å². The van der Waals surface area contributed by atoms with Crippen molar-refractivity contribution in [2.75, 3.05) is 13.1 Å². The molecular weight excluding hydrogens is 316 g/mol. The average Bonchev–Trinajstić information content (AvgIpc) is 3.14. The Labute approximate surface area is 148 Å². The summed E-state index contributed by atoms with van der Waals surface area (Å²) >= 11 is 1.70. The van der Waals surface area contributed by atoms with E-state index >= 15 is 0 Å². The first-order valence-electron chi connectivity index (χ1n) is 8.79. The fourth-order valence-corrected chi connectivity index (χ4v) is 3.99. The number of carbonyl (C=O) groups is 1. The maximum absolute atomic E-state index is 12.7. The van der Waals surface area contributed by atoms with Crippen molar-refractivity contribution in [1.29, 1.82) is 0 Å². The van der Waals surface area contributed by atoms with Gasteiger partial charge in [0.15, 0.2) is 0 Å². The van der Waals surface area contributed by atoms with Crippen LogP contribution in [0.25, 0.3) is 0 Å². The summed E-state index contributed by atoms with van der Waals surface area (Å²) in [6, 6.07) is 12.8. The summed E-state index contributed by atoms with van der Waals surface area (Å²) in [7, 11) is 0. The second-order valence-electron chi connectivity index (χ2n) is 6.80. The Morgan fingerprint density at radius 2 is 1.79 bits per heavy atom. The lowest BCUT2D eigenvalue weighted by Gasteiger charge is -2.25. The molecule has 1 aromatic heterocycles. The lowest BCUT2D eigenvalue weighted by molar-refractivity contribution is -0.126. The number of rotatable bonds is 5. The Kier molecular flexibility index (Phi) is 5.69. The zero-order valence-corrected chi connectivity index (χ0v) is 15.2. The van der Waals surface area contributed by atoms with Gasteiger partial charge < -0.3 is 10.6 Å². The van der Waals surface area contributed by atoms with Gasteiger partial charge in [-0.2, -0.15) is 0 Å². The first kappa shape index (κ1) is 17.2. The molecule has 1 atom stereocenters. The number of benzene rings is 1. The summed E-state index contributed by atoms with van der Waals surface area (Å²) in [5, 5.41) is 8.69. The van der Waals surface area contributed by atoms with Gasteiger partial charge in [-0.25, -0.2) is 0 Å². The number of thiophene rings is 1. The van der Waals surface area contributed by atoms with Crippen LogP contribution in [-0.2, 0) is 4.79 Å². The summed E-state index contributed by atoms with van der Waals surface area (Å²) in [5.41, 5.74) is 2.48. The molecule has 0 spiro atoms. The van der Waals surface area contributed by atoms with E-state index in [-0.39, 0.29) is 17.9 Å². The molecule has 2 N–H and O–H groups in total. The number of carbonyl (C=O) groups excluding carboxylic acids is 1. The maximum atomic E-state index is 12.7. The van der Waals surface area contributed by atoms with Crippen molar-refractivity contribution in [1.82, 2.24) is 10.6 Å². The van der Waals surface area contributed by atoms with Gasteiger partial charge in [-0.15, -0.1) is 11.3 Å². The highest BCUT2D eigenvalue weighted by atomic mass is 32.1. The van der Waals surface area contributed by atoms with Gasteiger partial charge in [0.2, 0.25) is 5.91 Å². The van der Waals surface area contributed by atoms with E-state index in [9.17, 15) is 4.79 Å². The summed E-state index contributed by atoms with van der Waals surface area (Å²) in [4.78, 5) is 13.9. The smallest absolute Gasteiger partial charge is 0.223 e. The Balaban J connectivity index is 1.80. The summed E-state index contributed by atoms with van der Waals surface area (Å²) in [6.07, 6.45) is 1.85. The van der Waals surface area contributed by atoms with Crippen LogP contribution in [0.2, 0.25) is 0 Å². The molecule has 3 rings (SSSR count). The quantitative estimate of drug-likeness (QED) is 0.860. The monoisotopic (exact) mass is 342 g/mol. The van der Waals surface area contributed by atoms with Gasteiger partial charge in [0, 0.05) is 10.8 Å². The van der Waals surface area contributed by atoms with E-state index in [1.54, 1.807) is 11.3 Å². The van der Waals surface area contributed by atoms with Gasteiger partial charge in [-0.1, -0.05) is 44.2 Å². The largest absolute Gasteiger partial charge is 0.344 e. The number of nitrogens with one attached hydrogen (secondary N) is 2. The highest BCUT2D eigenvalue weighted by Gasteiger charge is 2.25. The Bertz CT molecular complexity index is 643. The van der Waals surface area contributed by atoms with Crippen LogP contribution >= 0.6 is 11.3 Å². The summed E-state index contributed by atoms with van der Waals surface area (Å²) in [5.74, 6) is 0.829. The molecule has 1 amide bonds. The molecule has 2 aromatic rings. The second-order valence-corrected chi connectivity index (χ2v) is 7.78. The number of hydrogen-bond donors (Lipinski definition) is 2. The van der Waals surface area contributed by atoms with Crippen LogP contribution in [0.5, 0.6) is 0 Å². The minimum Gasteiger partial charge on any atom is -0.344 e. The molecule has 24 heavy (non-hydrogen) atoms. The fraction of sp³-hybridized carbons (Fsp3) is 0.450.